The first kappa shape index (κ1) is 19.8. The molecule has 0 bridgehead atoms. The second kappa shape index (κ2) is 7.76. The van der Waals surface area contributed by atoms with E-state index in [1.54, 1.807) is 23.7 Å². The third-order valence-electron chi connectivity index (χ3n) is 4.67. The van der Waals surface area contributed by atoms with Crippen LogP contribution in [0.3, 0.4) is 0 Å². The first-order valence-electron chi connectivity index (χ1n) is 9.50. The average Bonchev–Trinajstić information content (AvgIpc) is 3.38. The van der Waals surface area contributed by atoms with Crippen LogP contribution in [-0.4, -0.2) is 15.9 Å². The molecule has 2 aromatic carbocycles. The molecule has 4 rings (SSSR count). The molecule has 0 saturated heterocycles. The summed E-state index contributed by atoms with van der Waals surface area (Å²) in [5.74, 6) is 0.392. The topological polar surface area (TPSA) is 94.0 Å². The van der Waals surface area contributed by atoms with Crippen LogP contribution in [0.2, 0.25) is 0 Å². The van der Waals surface area contributed by atoms with Crippen LogP contribution < -0.4 is 11.1 Å². The summed E-state index contributed by atoms with van der Waals surface area (Å²) in [7, 11) is 0. The van der Waals surface area contributed by atoms with Gasteiger partial charge in [-0.25, -0.2) is 9.97 Å². The van der Waals surface area contributed by atoms with E-state index in [0.717, 1.165) is 11.1 Å². The number of rotatable bonds is 4. The van der Waals surface area contributed by atoms with E-state index < -0.39 is 0 Å². The molecule has 0 radical (unpaired) electrons. The summed E-state index contributed by atoms with van der Waals surface area (Å²) in [6.07, 6.45) is 1.63. The van der Waals surface area contributed by atoms with Crippen LogP contribution in [0.1, 0.15) is 36.8 Å². The average molecular weight is 419 g/mol. The smallest absolute Gasteiger partial charge is 0.280 e. The minimum atomic E-state index is -0.377. The van der Waals surface area contributed by atoms with Crippen molar-refractivity contribution in [3.05, 3.63) is 71.4 Å². The number of nitrogens with zero attached hydrogens (tertiary/aromatic N) is 2. The third-order valence-corrected chi connectivity index (χ3v) is 5.35. The van der Waals surface area contributed by atoms with Gasteiger partial charge in [-0.1, -0.05) is 32.9 Å². The highest BCUT2D eigenvalue weighted by molar-refractivity contribution is 7.13. The zero-order valence-corrected chi connectivity index (χ0v) is 17.8. The summed E-state index contributed by atoms with van der Waals surface area (Å²) in [6.45, 7) is 6.48. The second-order valence-electron chi connectivity index (χ2n) is 7.94. The van der Waals surface area contributed by atoms with Crippen molar-refractivity contribution in [3.63, 3.8) is 0 Å². The Morgan fingerprint density at radius 3 is 2.30 bits per heavy atom. The van der Waals surface area contributed by atoms with Crippen molar-refractivity contribution in [1.82, 2.24) is 9.97 Å². The van der Waals surface area contributed by atoms with E-state index >= 15 is 0 Å². The maximum absolute atomic E-state index is 12.9. The van der Waals surface area contributed by atoms with Gasteiger partial charge < -0.3 is 10.2 Å². The SMILES string of the molecule is CC(C)(C)c1ccc(-c2nc(C(=O)Nc3nccs3)c(-c3ccc(N)cc3)o2)cc1. The molecule has 3 N–H and O–H groups in total. The predicted molar refractivity (Wildman–Crippen MR) is 121 cm³/mol. The number of nitrogens with one attached hydrogen (secondary N) is 1. The Morgan fingerprint density at radius 2 is 1.70 bits per heavy atom. The Morgan fingerprint density at radius 1 is 1.03 bits per heavy atom. The van der Waals surface area contributed by atoms with Crippen LogP contribution in [0.25, 0.3) is 22.8 Å². The molecule has 0 aliphatic rings. The number of benzene rings is 2. The first-order valence-corrected chi connectivity index (χ1v) is 10.4. The Hall–Kier alpha value is -3.45. The summed E-state index contributed by atoms with van der Waals surface area (Å²) in [4.78, 5) is 21.5. The van der Waals surface area contributed by atoms with Crippen molar-refractivity contribution in [2.75, 3.05) is 11.1 Å². The van der Waals surface area contributed by atoms with E-state index in [-0.39, 0.29) is 17.0 Å². The largest absolute Gasteiger partial charge is 0.435 e. The standard InChI is InChI=1S/C23H22N4O2S/c1-23(2,3)16-8-4-15(5-9-16)21-26-18(20(28)27-22-25-12-13-30-22)19(29-21)14-6-10-17(24)11-7-14/h4-13H,24H2,1-3H3,(H,25,27,28). The summed E-state index contributed by atoms with van der Waals surface area (Å²) in [5.41, 5.74) is 9.41. The summed E-state index contributed by atoms with van der Waals surface area (Å²) in [5, 5.41) is 5.07. The van der Waals surface area contributed by atoms with Crippen LogP contribution >= 0.6 is 11.3 Å². The minimum absolute atomic E-state index is 0.0446. The zero-order chi connectivity index (χ0) is 21.3. The van der Waals surface area contributed by atoms with Crippen LogP contribution in [0, 0.1) is 0 Å². The molecule has 6 nitrogen and oxygen atoms in total. The lowest BCUT2D eigenvalue weighted by atomic mass is 9.87. The van der Waals surface area contributed by atoms with Crippen LogP contribution in [0.4, 0.5) is 10.8 Å². The molecule has 2 aromatic heterocycles. The Balaban J connectivity index is 1.75. The fourth-order valence-electron chi connectivity index (χ4n) is 2.98. The zero-order valence-electron chi connectivity index (χ0n) is 17.0. The summed E-state index contributed by atoms with van der Waals surface area (Å²) >= 11 is 1.34. The molecule has 0 aliphatic carbocycles. The highest BCUT2D eigenvalue weighted by atomic mass is 32.1. The molecule has 152 valence electrons. The lowest BCUT2D eigenvalue weighted by Crippen LogP contribution is -2.13. The van der Waals surface area contributed by atoms with E-state index in [1.165, 1.54) is 16.9 Å². The maximum atomic E-state index is 12.9. The Kier molecular flexibility index (Phi) is 5.13. The summed E-state index contributed by atoms with van der Waals surface area (Å²) in [6, 6.07) is 15.2. The van der Waals surface area contributed by atoms with E-state index in [0.29, 0.717) is 22.5 Å². The molecule has 0 fully saturated rings. The van der Waals surface area contributed by atoms with E-state index in [4.69, 9.17) is 10.2 Å². The number of nitrogens with two attached hydrogens (primary N) is 1. The highest BCUT2D eigenvalue weighted by Gasteiger charge is 2.23. The lowest BCUT2D eigenvalue weighted by Gasteiger charge is -2.18. The number of aromatic nitrogens is 2. The molecule has 7 heteroatoms. The molecular weight excluding hydrogens is 396 g/mol. The number of anilines is 2. The van der Waals surface area contributed by atoms with Crippen molar-refractivity contribution in [3.8, 4) is 22.8 Å². The van der Waals surface area contributed by atoms with E-state index in [2.05, 4.69) is 48.2 Å². The van der Waals surface area contributed by atoms with Crippen LogP contribution in [0.5, 0.6) is 0 Å². The number of hydrogen-bond acceptors (Lipinski definition) is 6. The van der Waals surface area contributed by atoms with Gasteiger partial charge in [0.05, 0.1) is 0 Å². The Labute approximate surface area is 178 Å². The minimum Gasteiger partial charge on any atom is -0.435 e. The van der Waals surface area contributed by atoms with Gasteiger partial charge in [-0.2, -0.15) is 0 Å². The Bertz CT molecular complexity index is 1160. The van der Waals surface area contributed by atoms with Gasteiger partial charge in [-0.05, 0) is 47.4 Å². The number of amides is 1. The molecule has 1 amide bonds. The van der Waals surface area contributed by atoms with Gasteiger partial charge in [-0.3, -0.25) is 10.1 Å². The van der Waals surface area contributed by atoms with Crippen LogP contribution in [0.15, 0.2) is 64.5 Å². The number of hydrogen-bond donors (Lipinski definition) is 2. The molecule has 0 atom stereocenters. The predicted octanol–water partition coefficient (Wildman–Crippen LogP) is 5.60. The van der Waals surface area contributed by atoms with Gasteiger partial charge >= 0.3 is 0 Å². The maximum Gasteiger partial charge on any atom is 0.280 e. The normalized spacial score (nSPS) is 11.4. The van der Waals surface area contributed by atoms with Crippen LogP contribution in [-0.2, 0) is 5.41 Å². The van der Waals surface area contributed by atoms with Gasteiger partial charge in [0.2, 0.25) is 5.89 Å². The van der Waals surface area contributed by atoms with E-state index in [1.807, 2.05) is 24.3 Å². The fraction of sp³-hybridized carbons (Fsp3) is 0.174. The van der Waals surface area contributed by atoms with Gasteiger partial charge in [0, 0.05) is 28.4 Å². The number of oxazole rings is 1. The molecule has 0 saturated carbocycles. The third kappa shape index (κ3) is 4.11. The van der Waals surface area contributed by atoms with Crippen molar-refractivity contribution < 1.29 is 9.21 Å². The summed E-state index contributed by atoms with van der Waals surface area (Å²) < 4.78 is 6.06. The van der Waals surface area contributed by atoms with Crippen molar-refractivity contribution in [1.29, 1.82) is 0 Å². The van der Waals surface area contributed by atoms with Crippen molar-refractivity contribution in [2.45, 2.75) is 26.2 Å². The molecule has 0 unspecified atom stereocenters. The molecular formula is C23H22N4O2S. The molecule has 0 aliphatic heterocycles. The van der Waals surface area contributed by atoms with Gasteiger partial charge in [0.1, 0.15) is 0 Å². The number of carbonyl (C=O) groups is 1. The van der Waals surface area contributed by atoms with Crippen molar-refractivity contribution >= 4 is 28.1 Å². The van der Waals surface area contributed by atoms with Gasteiger partial charge in [0.25, 0.3) is 5.91 Å². The van der Waals surface area contributed by atoms with Crippen molar-refractivity contribution in [2.24, 2.45) is 0 Å². The first-order chi connectivity index (χ1) is 14.3. The number of carbonyl (C=O) groups excluding carboxylic acids is 1. The van der Waals surface area contributed by atoms with E-state index in [9.17, 15) is 4.79 Å². The van der Waals surface area contributed by atoms with Gasteiger partial charge in [0.15, 0.2) is 16.6 Å². The quantitative estimate of drug-likeness (QED) is 0.421. The lowest BCUT2D eigenvalue weighted by molar-refractivity contribution is 0.102. The number of nitrogen functional groups attached to an aromatic ring is 1. The fourth-order valence-corrected chi connectivity index (χ4v) is 3.51. The molecule has 2 heterocycles. The highest BCUT2D eigenvalue weighted by Crippen LogP contribution is 2.32. The molecule has 0 spiro atoms. The monoisotopic (exact) mass is 418 g/mol. The molecule has 4 aromatic rings. The number of thiazole rings is 1. The second-order valence-corrected chi connectivity index (χ2v) is 8.83. The van der Waals surface area contributed by atoms with Gasteiger partial charge in [-0.15, -0.1) is 11.3 Å². The molecule has 30 heavy (non-hydrogen) atoms.